The molecular weight excluding hydrogens is 371 g/mol. The number of alkyl halides is 3. The minimum absolute atomic E-state index is 0.0522. The van der Waals surface area contributed by atoms with Gasteiger partial charge in [0, 0.05) is 11.3 Å². The predicted octanol–water partition coefficient (Wildman–Crippen LogP) is 3.91. The van der Waals surface area contributed by atoms with Gasteiger partial charge in [-0.05, 0) is 55.0 Å². The van der Waals surface area contributed by atoms with Crippen LogP contribution in [0.2, 0.25) is 0 Å². The Balaban J connectivity index is 1.81. The quantitative estimate of drug-likeness (QED) is 0.714. The van der Waals surface area contributed by atoms with Crippen LogP contribution in [0.5, 0.6) is 0 Å². The third-order valence-corrected chi connectivity index (χ3v) is 3.96. The molecule has 0 fully saturated rings. The van der Waals surface area contributed by atoms with Crippen LogP contribution in [-0.2, 0) is 6.18 Å². The molecule has 0 aliphatic heterocycles. The van der Waals surface area contributed by atoms with Crippen LogP contribution in [0.3, 0.4) is 0 Å². The van der Waals surface area contributed by atoms with Gasteiger partial charge in [-0.3, -0.25) is 4.79 Å². The second-order valence-electron chi connectivity index (χ2n) is 6.05. The molecule has 1 aromatic heterocycles. The molecule has 3 aromatic rings. The first-order valence-corrected chi connectivity index (χ1v) is 8.03. The molecule has 2 aromatic carbocycles. The van der Waals surface area contributed by atoms with Crippen LogP contribution in [0.4, 0.5) is 24.7 Å². The zero-order chi connectivity index (χ0) is 20.5. The first-order chi connectivity index (χ1) is 13.2. The van der Waals surface area contributed by atoms with Crippen LogP contribution >= 0.6 is 0 Å². The number of nitrogens with zero attached hydrogens (tertiary/aromatic N) is 3. The van der Waals surface area contributed by atoms with E-state index in [4.69, 9.17) is 11.0 Å². The van der Waals surface area contributed by atoms with Crippen molar-refractivity contribution in [3.63, 3.8) is 0 Å². The van der Waals surface area contributed by atoms with Gasteiger partial charge in [-0.25, -0.2) is 4.68 Å². The second-order valence-corrected chi connectivity index (χ2v) is 6.05. The van der Waals surface area contributed by atoms with E-state index in [9.17, 15) is 18.0 Å². The van der Waals surface area contributed by atoms with Crippen LogP contribution in [-0.4, -0.2) is 15.7 Å². The van der Waals surface area contributed by atoms with Crippen LogP contribution in [0.1, 0.15) is 27.0 Å². The molecule has 0 saturated carbocycles. The molecule has 0 aliphatic rings. The van der Waals surface area contributed by atoms with Gasteiger partial charge in [-0.2, -0.15) is 23.5 Å². The van der Waals surface area contributed by atoms with Gasteiger partial charge in [-0.15, -0.1) is 0 Å². The van der Waals surface area contributed by atoms with Crippen molar-refractivity contribution in [2.75, 3.05) is 11.1 Å². The van der Waals surface area contributed by atoms with Crippen molar-refractivity contribution < 1.29 is 18.0 Å². The van der Waals surface area contributed by atoms with E-state index in [1.165, 1.54) is 36.0 Å². The number of carbonyl (C=O) groups excluding carboxylic acids is 1. The van der Waals surface area contributed by atoms with Crippen molar-refractivity contribution >= 4 is 17.4 Å². The first-order valence-electron chi connectivity index (χ1n) is 8.03. The molecular formula is C19H14F3N5O. The predicted molar refractivity (Wildman–Crippen MR) is 96.8 cm³/mol. The number of rotatable bonds is 3. The number of nitrogens with one attached hydrogen (secondary N) is 1. The maximum atomic E-state index is 12.9. The molecule has 0 unspecified atom stereocenters. The number of halogens is 3. The number of nitrogens with two attached hydrogens (primary N) is 1. The largest absolute Gasteiger partial charge is 0.416 e. The van der Waals surface area contributed by atoms with E-state index in [0.29, 0.717) is 11.3 Å². The topological polar surface area (TPSA) is 96.7 Å². The van der Waals surface area contributed by atoms with Gasteiger partial charge in [0.1, 0.15) is 17.5 Å². The number of benzene rings is 2. The molecule has 1 heterocycles. The smallest absolute Gasteiger partial charge is 0.382 e. The molecule has 0 bridgehead atoms. The van der Waals surface area contributed by atoms with Crippen molar-refractivity contribution in [1.29, 1.82) is 5.26 Å². The molecule has 0 atom stereocenters. The molecule has 3 rings (SSSR count). The molecule has 1 amide bonds. The van der Waals surface area contributed by atoms with Gasteiger partial charge in [0.25, 0.3) is 5.91 Å². The summed E-state index contributed by atoms with van der Waals surface area (Å²) in [5.41, 5.74) is 6.41. The van der Waals surface area contributed by atoms with Crippen LogP contribution in [0.15, 0.2) is 48.7 Å². The molecule has 142 valence electrons. The van der Waals surface area contributed by atoms with Crippen molar-refractivity contribution in [2.24, 2.45) is 0 Å². The van der Waals surface area contributed by atoms with Gasteiger partial charge in [0.2, 0.25) is 0 Å². The van der Waals surface area contributed by atoms with Crippen LogP contribution in [0, 0.1) is 18.3 Å². The average molecular weight is 385 g/mol. The summed E-state index contributed by atoms with van der Waals surface area (Å²) < 4.78 is 40.1. The van der Waals surface area contributed by atoms with Gasteiger partial charge in [-0.1, -0.05) is 0 Å². The number of hydrogen-bond donors (Lipinski definition) is 2. The number of aromatic nitrogens is 2. The normalized spacial score (nSPS) is 11.1. The molecule has 0 saturated heterocycles. The van der Waals surface area contributed by atoms with E-state index in [-0.39, 0.29) is 22.6 Å². The highest BCUT2D eigenvalue weighted by atomic mass is 19.4. The van der Waals surface area contributed by atoms with E-state index in [1.54, 1.807) is 12.1 Å². The van der Waals surface area contributed by atoms with Crippen molar-refractivity contribution in [3.8, 4) is 11.8 Å². The third-order valence-electron chi connectivity index (χ3n) is 3.96. The zero-order valence-corrected chi connectivity index (χ0v) is 14.6. The van der Waals surface area contributed by atoms with E-state index < -0.39 is 17.6 Å². The molecule has 9 heteroatoms. The molecule has 3 N–H and O–H groups in total. The highest BCUT2D eigenvalue weighted by Crippen LogP contribution is 2.32. The number of carbonyl (C=O) groups is 1. The van der Waals surface area contributed by atoms with Crippen LogP contribution in [0.25, 0.3) is 5.69 Å². The number of aryl methyl sites for hydroxylation is 1. The Morgan fingerprint density at radius 2 is 1.89 bits per heavy atom. The van der Waals surface area contributed by atoms with Gasteiger partial charge in [0.15, 0.2) is 0 Å². The number of nitrogen functional groups attached to an aromatic ring is 1. The standard InChI is InChI=1S/C19H14F3N5O/c1-11-6-14(19(20,21)22)8-15(7-11)26-18(28)12-2-4-16(5-3-12)27-17(24)13(9-23)10-25-27/h2-8,10H,24H2,1H3,(H,26,28). The minimum atomic E-state index is -4.50. The minimum Gasteiger partial charge on any atom is -0.382 e. The monoisotopic (exact) mass is 385 g/mol. The van der Waals surface area contributed by atoms with E-state index in [2.05, 4.69) is 10.4 Å². The number of nitriles is 1. The lowest BCUT2D eigenvalue weighted by molar-refractivity contribution is -0.137. The van der Waals surface area contributed by atoms with Crippen LogP contribution < -0.4 is 11.1 Å². The summed E-state index contributed by atoms with van der Waals surface area (Å²) in [6.45, 7) is 1.52. The lowest BCUT2D eigenvalue weighted by Gasteiger charge is -2.12. The molecule has 0 spiro atoms. The van der Waals surface area contributed by atoms with Crippen molar-refractivity contribution in [1.82, 2.24) is 9.78 Å². The fourth-order valence-electron chi connectivity index (χ4n) is 2.63. The van der Waals surface area contributed by atoms with E-state index in [0.717, 1.165) is 12.1 Å². The number of hydrogen-bond acceptors (Lipinski definition) is 4. The fourth-order valence-corrected chi connectivity index (χ4v) is 2.63. The summed E-state index contributed by atoms with van der Waals surface area (Å²) in [4.78, 5) is 12.4. The Bertz CT molecular complexity index is 1080. The van der Waals surface area contributed by atoms with Gasteiger partial charge in [0.05, 0.1) is 17.4 Å². The maximum Gasteiger partial charge on any atom is 0.416 e. The summed E-state index contributed by atoms with van der Waals surface area (Å²) in [6, 6.07) is 11.4. The van der Waals surface area contributed by atoms with E-state index >= 15 is 0 Å². The Kier molecular flexibility index (Phi) is 4.79. The molecule has 6 nitrogen and oxygen atoms in total. The number of anilines is 2. The van der Waals surface area contributed by atoms with Crippen molar-refractivity contribution in [2.45, 2.75) is 13.1 Å². The fraction of sp³-hybridized carbons (Fsp3) is 0.105. The van der Waals surface area contributed by atoms with Crippen molar-refractivity contribution in [3.05, 3.63) is 70.9 Å². The second kappa shape index (κ2) is 7.08. The number of amides is 1. The Morgan fingerprint density at radius 1 is 1.21 bits per heavy atom. The third kappa shape index (κ3) is 3.81. The molecule has 0 aliphatic carbocycles. The first kappa shape index (κ1) is 19.0. The lowest BCUT2D eigenvalue weighted by Crippen LogP contribution is -2.14. The van der Waals surface area contributed by atoms with Gasteiger partial charge < -0.3 is 11.1 Å². The average Bonchev–Trinajstić information content (AvgIpc) is 3.01. The van der Waals surface area contributed by atoms with E-state index in [1.807, 2.05) is 6.07 Å². The highest BCUT2D eigenvalue weighted by molar-refractivity contribution is 6.04. The molecule has 28 heavy (non-hydrogen) atoms. The summed E-state index contributed by atoms with van der Waals surface area (Å²) in [6.07, 6.45) is -3.18. The Hall–Kier alpha value is -3.80. The highest BCUT2D eigenvalue weighted by Gasteiger charge is 2.31. The Morgan fingerprint density at radius 3 is 2.46 bits per heavy atom. The SMILES string of the molecule is Cc1cc(NC(=O)c2ccc(-n3ncc(C#N)c3N)cc2)cc(C(F)(F)F)c1. The summed E-state index contributed by atoms with van der Waals surface area (Å²) in [7, 11) is 0. The summed E-state index contributed by atoms with van der Waals surface area (Å²) >= 11 is 0. The van der Waals surface area contributed by atoms with Gasteiger partial charge >= 0.3 is 6.18 Å². The summed E-state index contributed by atoms with van der Waals surface area (Å²) in [5.74, 6) is -0.393. The Labute approximate surface area is 158 Å². The maximum absolute atomic E-state index is 12.9. The summed E-state index contributed by atoms with van der Waals surface area (Å²) in [5, 5.41) is 15.4. The lowest BCUT2D eigenvalue weighted by atomic mass is 10.1. The molecule has 0 radical (unpaired) electrons. The zero-order valence-electron chi connectivity index (χ0n) is 14.6.